The van der Waals surface area contributed by atoms with Crippen molar-refractivity contribution in [3.63, 3.8) is 0 Å². The molecule has 0 radical (unpaired) electrons. The second kappa shape index (κ2) is 8.36. The van der Waals surface area contributed by atoms with E-state index in [0.29, 0.717) is 6.54 Å². The van der Waals surface area contributed by atoms with Gasteiger partial charge in [0.05, 0.1) is 6.54 Å². The lowest BCUT2D eigenvalue weighted by molar-refractivity contribution is 0.628. The molecule has 0 aliphatic rings. The molecule has 5 aromatic rings. The van der Waals surface area contributed by atoms with Gasteiger partial charge in [0.15, 0.2) is 0 Å². The predicted molar refractivity (Wildman–Crippen MR) is 122 cm³/mol. The molecule has 0 aliphatic heterocycles. The monoisotopic (exact) mass is 405 g/mol. The van der Waals surface area contributed by atoms with Gasteiger partial charge >= 0.3 is 0 Å². The van der Waals surface area contributed by atoms with Crippen LogP contribution in [0, 0.1) is 5.82 Å². The lowest BCUT2D eigenvalue weighted by Gasteiger charge is -2.06. The quantitative estimate of drug-likeness (QED) is 0.336. The van der Waals surface area contributed by atoms with Crippen molar-refractivity contribution in [1.82, 2.24) is 14.8 Å². The number of aromatic nitrogens is 3. The fourth-order valence-electron chi connectivity index (χ4n) is 3.73. The lowest BCUT2D eigenvalue weighted by Crippen LogP contribution is -2.00. The first-order chi connectivity index (χ1) is 15.3. The molecule has 31 heavy (non-hydrogen) atoms. The molecular weight excluding hydrogens is 385 g/mol. The summed E-state index contributed by atoms with van der Waals surface area (Å²) in [7, 11) is 0. The van der Waals surface area contributed by atoms with Crippen LogP contribution in [0.2, 0.25) is 0 Å². The molecule has 2 heterocycles. The third-order valence-electron chi connectivity index (χ3n) is 5.25. The lowest BCUT2D eigenvalue weighted by atomic mass is 10.0. The van der Waals surface area contributed by atoms with Crippen LogP contribution in [0.1, 0.15) is 5.56 Å². The Balaban J connectivity index is 1.53. The van der Waals surface area contributed by atoms with E-state index in [-0.39, 0.29) is 5.82 Å². The number of hydrogen-bond acceptors (Lipinski definition) is 2. The Morgan fingerprint density at radius 1 is 0.677 bits per heavy atom. The molecular formula is C27H20FN3. The van der Waals surface area contributed by atoms with Gasteiger partial charge in [0.2, 0.25) is 0 Å². The normalized spacial score (nSPS) is 10.9. The van der Waals surface area contributed by atoms with E-state index in [1.165, 1.54) is 23.3 Å². The molecule has 3 aromatic carbocycles. The maximum Gasteiger partial charge on any atom is 0.123 e. The van der Waals surface area contributed by atoms with Crippen LogP contribution in [-0.2, 0) is 6.54 Å². The molecule has 0 bridgehead atoms. The molecule has 0 amide bonds. The summed E-state index contributed by atoms with van der Waals surface area (Å²) in [5, 5.41) is 4.86. The van der Waals surface area contributed by atoms with Gasteiger partial charge < -0.3 is 0 Å². The average molecular weight is 405 g/mol. The minimum absolute atomic E-state index is 0.258. The van der Waals surface area contributed by atoms with Crippen LogP contribution in [-0.4, -0.2) is 14.8 Å². The molecule has 0 atom stereocenters. The smallest absolute Gasteiger partial charge is 0.123 e. The van der Waals surface area contributed by atoms with Gasteiger partial charge in [-0.3, -0.25) is 9.67 Å². The molecule has 0 fully saturated rings. The zero-order valence-corrected chi connectivity index (χ0v) is 16.8. The number of nitrogens with zero attached hydrogens (tertiary/aromatic N) is 3. The van der Waals surface area contributed by atoms with E-state index in [1.54, 1.807) is 24.5 Å². The van der Waals surface area contributed by atoms with Gasteiger partial charge in [-0.05, 0) is 64.7 Å². The molecule has 0 N–H and O–H groups in total. The summed E-state index contributed by atoms with van der Waals surface area (Å²) in [5.41, 5.74) is 7.26. The second-order valence-corrected chi connectivity index (χ2v) is 7.40. The summed E-state index contributed by atoms with van der Waals surface area (Å²) in [5.74, 6) is -0.258. The summed E-state index contributed by atoms with van der Waals surface area (Å²) < 4.78 is 15.4. The van der Waals surface area contributed by atoms with Gasteiger partial charge in [-0.2, -0.15) is 5.10 Å². The maximum absolute atomic E-state index is 13.5. The molecule has 3 nitrogen and oxygen atoms in total. The van der Waals surface area contributed by atoms with Crippen molar-refractivity contribution in [3.8, 4) is 33.5 Å². The first kappa shape index (κ1) is 18.9. The van der Waals surface area contributed by atoms with Crippen LogP contribution >= 0.6 is 0 Å². The number of halogens is 1. The Morgan fingerprint density at radius 2 is 1.42 bits per heavy atom. The molecule has 150 valence electrons. The summed E-state index contributed by atoms with van der Waals surface area (Å²) >= 11 is 0. The Labute approximate surface area is 180 Å². The van der Waals surface area contributed by atoms with Crippen LogP contribution in [0.25, 0.3) is 33.5 Å². The summed E-state index contributed by atoms with van der Waals surface area (Å²) in [6.07, 6.45) is 5.58. The van der Waals surface area contributed by atoms with Crippen molar-refractivity contribution >= 4 is 0 Å². The van der Waals surface area contributed by atoms with Gasteiger partial charge in [-0.15, -0.1) is 0 Å². The van der Waals surface area contributed by atoms with Crippen molar-refractivity contribution in [1.29, 1.82) is 0 Å². The Kier molecular flexibility index (Phi) is 5.11. The number of rotatable bonds is 5. The van der Waals surface area contributed by atoms with E-state index >= 15 is 0 Å². The summed E-state index contributed by atoms with van der Waals surface area (Å²) in [6, 6.07) is 29.2. The van der Waals surface area contributed by atoms with Crippen molar-refractivity contribution < 1.29 is 4.39 Å². The highest BCUT2D eigenvalue weighted by Gasteiger charge is 2.14. The molecule has 0 saturated heterocycles. The highest BCUT2D eigenvalue weighted by molar-refractivity contribution is 5.80. The van der Waals surface area contributed by atoms with Crippen molar-refractivity contribution in [2.75, 3.05) is 0 Å². The van der Waals surface area contributed by atoms with Crippen LogP contribution in [0.15, 0.2) is 110 Å². The van der Waals surface area contributed by atoms with Crippen molar-refractivity contribution in [2.45, 2.75) is 6.54 Å². The zero-order chi connectivity index (χ0) is 21.0. The fraction of sp³-hybridized carbons (Fsp3) is 0.0370. The topological polar surface area (TPSA) is 30.7 Å². The molecule has 0 unspecified atom stereocenters. The summed E-state index contributed by atoms with van der Waals surface area (Å²) in [6.45, 7) is 0.639. The minimum atomic E-state index is -0.258. The van der Waals surface area contributed by atoms with E-state index < -0.39 is 0 Å². The third-order valence-corrected chi connectivity index (χ3v) is 5.25. The first-order valence-corrected chi connectivity index (χ1v) is 10.1. The van der Waals surface area contributed by atoms with Gasteiger partial charge in [0.25, 0.3) is 0 Å². The van der Waals surface area contributed by atoms with Gasteiger partial charge in [0, 0.05) is 29.7 Å². The average Bonchev–Trinajstić information content (AvgIpc) is 3.24. The Hall–Kier alpha value is -4.05. The number of benzene rings is 3. The standard InChI is InChI=1S/C27H20FN3/c28-25-11-9-23(10-12-25)27-26(22-13-15-29-16-14-22)19-31(30-27)18-20-5-4-8-24(17-20)21-6-2-1-3-7-21/h1-17,19H,18H2. The Morgan fingerprint density at radius 3 is 2.19 bits per heavy atom. The van der Waals surface area contributed by atoms with Crippen molar-refractivity contribution in [3.05, 3.63) is 121 Å². The van der Waals surface area contributed by atoms with E-state index in [1.807, 2.05) is 41.2 Å². The molecule has 0 aliphatic carbocycles. The third kappa shape index (κ3) is 4.14. The molecule has 0 saturated carbocycles. The van der Waals surface area contributed by atoms with E-state index in [0.717, 1.165) is 27.9 Å². The first-order valence-electron chi connectivity index (χ1n) is 10.1. The SMILES string of the molecule is Fc1ccc(-c2nn(Cc3cccc(-c4ccccc4)c3)cc2-c2ccncc2)cc1. The van der Waals surface area contributed by atoms with E-state index in [9.17, 15) is 4.39 Å². The van der Waals surface area contributed by atoms with Gasteiger partial charge in [-0.25, -0.2) is 4.39 Å². The fourth-order valence-corrected chi connectivity index (χ4v) is 3.73. The highest BCUT2D eigenvalue weighted by Crippen LogP contribution is 2.31. The number of pyridine rings is 1. The zero-order valence-electron chi connectivity index (χ0n) is 16.8. The second-order valence-electron chi connectivity index (χ2n) is 7.40. The molecule has 0 spiro atoms. The van der Waals surface area contributed by atoms with Crippen LogP contribution in [0.3, 0.4) is 0 Å². The summed E-state index contributed by atoms with van der Waals surface area (Å²) in [4.78, 5) is 4.12. The molecule has 2 aromatic heterocycles. The highest BCUT2D eigenvalue weighted by atomic mass is 19.1. The maximum atomic E-state index is 13.5. The molecule has 5 rings (SSSR count). The van der Waals surface area contributed by atoms with Crippen molar-refractivity contribution in [2.24, 2.45) is 0 Å². The van der Waals surface area contributed by atoms with E-state index in [2.05, 4.69) is 41.4 Å². The van der Waals surface area contributed by atoms with Gasteiger partial charge in [0.1, 0.15) is 11.5 Å². The Bertz CT molecular complexity index is 1290. The molecule has 4 heteroatoms. The van der Waals surface area contributed by atoms with Crippen LogP contribution < -0.4 is 0 Å². The van der Waals surface area contributed by atoms with Gasteiger partial charge in [-0.1, -0.05) is 48.5 Å². The minimum Gasteiger partial charge on any atom is -0.267 e. The predicted octanol–water partition coefficient (Wildman–Crippen LogP) is 6.47. The van der Waals surface area contributed by atoms with E-state index in [4.69, 9.17) is 5.10 Å². The van der Waals surface area contributed by atoms with Crippen LogP contribution in [0.5, 0.6) is 0 Å². The number of hydrogen-bond donors (Lipinski definition) is 0. The largest absolute Gasteiger partial charge is 0.267 e. The van der Waals surface area contributed by atoms with Crippen LogP contribution in [0.4, 0.5) is 4.39 Å².